The second-order valence-electron chi connectivity index (χ2n) is 12.1. The fraction of sp³-hybridized carbons (Fsp3) is 0.531. The number of ether oxygens (including phenoxy) is 1. The summed E-state index contributed by atoms with van der Waals surface area (Å²) >= 11 is 0. The molecule has 1 aliphatic carbocycles. The molecule has 7 nitrogen and oxygen atoms in total. The van der Waals surface area contributed by atoms with Crippen LogP contribution in [-0.4, -0.2) is 40.5 Å². The van der Waals surface area contributed by atoms with Gasteiger partial charge in [-0.25, -0.2) is 4.79 Å². The van der Waals surface area contributed by atoms with Gasteiger partial charge in [0.2, 0.25) is 5.91 Å². The van der Waals surface area contributed by atoms with E-state index in [4.69, 9.17) is 4.74 Å². The highest BCUT2D eigenvalue weighted by atomic mass is 16.6. The van der Waals surface area contributed by atoms with Gasteiger partial charge in [-0.3, -0.25) is 9.59 Å². The lowest BCUT2D eigenvalue weighted by Crippen LogP contribution is -2.55. The first-order chi connectivity index (χ1) is 18.2. The molecule has 1 fully saturated rings. The van der Waals surface area contributed by atoms with Crippen molar-refractivity contribution in [2.45, 2.75) is 98.9 Å². The molecule has 5 atom stereocenters. The average molecular weight is 536 g/mol. The van der Waals surface area contributed by atoms with E-state index >= 15 is 0 Å². The first-order valence-electron chi connectivity index (χ1n) is 14.0. The number of benzene rings is 2. The normalized spacial score (nSPS) is 18.9. The van der Waals surface area contributed by atoms with Gasteiger partial charge in [-0.05, 0) is 76.5 Å². The van der Waals surface area contributed by atoms with Crippen molar-refractivity contribution >= 4 is 23.6 Å². The molecule has 5 unspecified atom stereocenters. The zero-order chi connectivity index (χ0) is 29.1. The van der Waals surface area contributed by atoms with Crippen molar-refractivity contribution < 1.29 is 19.1 Å². The lowest BCUT2D eigenvalue weighted by Gasteiger charge is -2.36. The minimum atomic E-state index is -0.863. The Kier molecular flexibility index (Phi) is 9.47. The number of aryl methyl sites for hydroxylation is 3. The first kappa shape index (κ1) is 30.2. The van der Waals surface area contributed by atoms with E-state index in [0.29, 0.717) is 6.42 Å². The summed E-state index contributed by atoms with van der Waals surface area (Å²) in [5.41, 5.74) is 3.70. The van der Waals surface area contributed by atoms with Gasteiger partial charge in [0.05, 0.1) is 0 Å². The van der Waals surface area contributed by atoms with Crippen molar-refractivity contribution in [2.75, 3.05) is 5.32 Å². The van der Waals surface area contributed by atoms with Crippen LogP contribution in [0.2, 0.25) is 0 Å². The highest BCUT2D eigenvalue weighted by Crippen LogP contribution is 2.41. The zero-order valence-corrected chi connectivity index (χ0v) is 24.9. The maximum Gasteiger partial charge on any atom is 0.408 e. The van der Waals surface area contributed by atoms with Gasteiger partial charge in [-0.2, -0.15) is 0 Å². The van der Waals surface area contributed by atoms with E-state index in [1.165, 1.54) is 0 Å². The minimum absolute atomic E-state index is 0.112. The Balaban J connectivity index is 2.07. The molecule has 1 aliphatic rings. The van der Waals surface area contributed by atoms with E-state index in [2.05, 4.69) is 17.6 Å². The largest absolute Gasteiger partial charge is 0.444 e. The number of anilines is 1. The Bertz CT molecular complexity index is 1180. The highest BCUT2D eigenvalue weighted by molar-refractivity contribution is 6.00. The van der Waals surface area contributed by atoms with Gasteiger partial charge >= 0.3 is 6.09 Å². The molecule has 2 aromatic rings. The van der Waals surface area contributed by atoms with Gasteiger partial charge in [-0.1, -0.05) is 75.2 Å². The van der Waals surface area contributed by atoms with E-state index in [1.807, 2.05) is 77.1 Å². The van der Waals surface area contributed by atoms with Crippen LogP contribution < -0.4 is 10.6 Å². The van der Waals surface area contributed by atoms with Gasteiger partial charge < -0.3 is 20.3 Å². The molecule has 0 aromatic heterocycles. The van der Waals surface area contributed by atoms with Gasteiger partial charge in [-0.15, -0.1) is 0 Å². The van der Waals surface area contributed by atoms with Gasteiger partial charge in [0.15, 0.2) is 0 Å². The summed E-state index contributed by atoms with van der Waals surface area (Å²) < 4.78 is 5.50. The third-order valence-electron chi connectivity index (χ3n) is 7.44. The van der Waals surface area contributed by atoms with Crippen LogP contribution in [0.15, 0.2) is 42.5 Å². The summed E-state index contributed by atoms with van der Waals surface area (Å²) in [6.45, 7) is 17.3. The molecular formula is C32H45N3O4. The summed E-state index contributed by atoms with van der Waals surface area (Å²) in [5.74, 6) is -0.465. The van der Waals surface area contributed by atoms with Crippen LogP contribution in [0.25, 0.3) is 0 Å². The Hall–Kier alpha value is -3.35. The monoisotopic (exact) mass is 535 g/mol. The standard InChI is InChI=1S/C32H45N3O4/c1-10-20(3)27(34-31(38)39-32(7,8)9)30(37)35(25-18-23(25)6)28(24-16-11-13-19(2)17-24)29(36)33-26-21(4)14-12-15-22(26)5/h11-17,20,23,25,27-28H,10,18H2,1-9H3,(H,33,36)(H,34,38). The van der Waals surface area contributed by atoms with Crippen molar-refractivity contribution in [3.8, 4) is 0 Å². The van der Waals surface area contributed by atoms with Crippen LogP contribution in [0.1, 0.15) is 82.7 Å². The number of hydrogen-bond acceptors (Lipinski definition) is 4. The number of carbonyl (C=O) groups excluding carboxylic acids is 3. The highest BCUT2D eigenvalue weighted by Gasteiger charge is 2.49. The number of amides is 3. The van der Waals surface area contributed by atoms with Crippen molar-refractivity contribution in [2.24, 2.45) is 11.8 Å². The lowest BCUT2D eigenvalue weighted by atomic mass is 9.95. The third kappa shape index (κ3) is 7.61. The van der Waals surface area contributed by atoms with Gasteiger partial charge in [0.1, 0.15) is 17.7 Å². The molecule has 0 spiro atoms. The number of hydrogen-bond donors (Lipinski definition) is 2. The maximum atomic E-state index is 14.4. The Labute approximate surface area is 233 Å². The van der Waals surface area contributed by atoms with E-state index in [1.54, 1.807) is 25.7 Å². The molecule has 212 valence electrons. The molecule has 0 saturated heterocycles. The molecule has 0 bridgehead atoms. The number of carbonyl (C=O) groups is 3. The predicted molar refractivity (Wildman–Crippen MR) is 155 cm³/mol. The smallest absolute Gasteiger partial charge is 0.408 e. The molecule has 2 aromatic carbocycles. The van der Waals surface area contributed by atoms with Crippen molar-refractivity contribution in [3.63, 3.8) is 0 Å². The van der Waals surface area contributed by atoms with E-state index < -0.39 is 23.8 Å². The molecule has 0 aliphatic heterocycles. The van der Waals surface area contributed by atoms with E-state index in [-0.39, 0.29) is 29.7 Å². The topological polar surface area (TPSA) is 87.7 Å². The SMILES string of the molecule is CCC(C)C(NC(=O)OC(C)(C)C)C(=O)N(C(C(=O)Nc1c(C)cccc1C)c1cccc(C)c1)C1CC1C. The molecule has 0 radical (unpaired) electrons. The van der Waals surface area contributed by atoms with Crippen LogP contribution >= 0.6 is 0 Å². The Morgan fingerprint density at radius 3 is 2.15 bits per heavy atom. The van der Waals surface area contributed by atoms with E-state index in [0.717, 1.165) is 34.4 Å². The third-order valence-corrected chi connectivity index (χ3v) is 7.44. The molecule has 1 saturated carbocycles. The fourth-order valence-corrected chi connectivity index (χ4v) is 4.93. The second-order valence-corrected chi connectivity index (χ2v) is 12.1. The van der Waals surface area contributed by atoms with Gasteiger partial charge in [0.25, 0.3) is 5.91 Å². The number of nitrogens with one attached hydrogen (secondary N) is 2. The second kappa shape index (κ2) is 12.2. The molecular weight excluding hydrogens is 490 g/mol. The Morgan fingerprint density at radius 2 is 1.64 bits per heavy atom. The molecule has 2 N–H and O–H groups in total. The van der Waals surface area contributed by atoms with Crippen LogP contribution in [0.5, 0.6) is 0 Å². The summed E-state index contributed by atoms with van der Waals surface area (Å²) in [6.07, 6.45) is 0.825. The molecule has 3 rings (SSSR count). The average Bonchev–Trinajstić information content (AvgIpc) is 3.56. The van der Waals surface area contributed by atoms with Crippen LogP contribution in [0, 0.1) is 32.6 Å². The summed E-state index contributed by atoms with van der Waals surface area (Å²) in [4.78, 5) is 43.1. The fourth-order valence-electron chi connectivity index (χ4n) is 4.93. The molecule has 7 heteroatoms. The lowest BCUT2D eigenvalue weighted by molar-refractivity contribution is -0.142. The molecule has 0 heterocycles. The molecule has 39 heavy (non-hydrogen) atoms. The molecule has 3 amide bonds. The number of alkyl carbamates (subject to hydrolysis) is 1. The van der Waals surface area contributed by atoms with Crippen molar-refractivity contribution in [1.29, 1.82) is 0 Å². The summed E-state index contributed by atoms with van der Waals surface area (Å²) in [6, 6.07) is 11.8. The summed E-state index contributed by atoms with van der Waals surface area (Å²) in [7, 11) is 0. The van der Waals surface area contributed by atoms with Crippen LogP contribution in [0.3, 0.4) is 0 Å². The van der Waals surface area contributed by atoms with Crippen molar-refractivity contribution in [3.05, 3.63) is 64.7 Å². The number of nitrogens with zero attached hydrogens (tertiary/aromatic N) is 1. The quantitative estimate of drug-likeness (QED) is 0.385. The maximum absolute atomic E-state index is 14.4. The number of rotatable bonds is 9. The summed E-state index contributed by atoms with van der Waals surface area (Å²) in [5, 5.41) is 5.98. The van der Waals surface area contributed by atoms with Gasteiger partial charge in [0, 0.05) is 11.7 Å². The first-order valence-corrected chi connectivity index (χ1v) is 14.0. The van der Waals surface area contributed by atoms with E-state index in [9.17, 15) is 14.4 Å². The minimum Gasteiger partial charge on any atom is -0.444 e. The number of para-hydroxylation sites is 1. The predicted octanol–water partition coefficient (Wildman–Crippen LogP) is 6.47. The van der Waals surface area contributed by atoms with Crippen LogP contribution in [-0.2, 0) is 14.3 Å². The van der Waals surface area contributed by atoms with Crippen LogP contribution in [0.4, 0.5) is 10.5 Å². The Morgan fingerprint density at radius 1 is 1.05 bits per heavy atom. The zero-order valence-electron chi connectivity index (χ0n) is 24.9. The van der Waals surface area contributed by atoms with Crippen molar-refractivity contribution in [1.82, 2.24) is 10.2 Å².